The average Bonchev–Trinajstić information content (AvgIpc) is 2.42. The molecule has 0 spiro atoms. The normalized spacial score (nSPS) is 10.6. The topological polar surface area (TPSA) is 34.9 Å². The Morgan fingerprint density at radius 3 is 3.00 bits per heavy atom. The highest BCUT2D eigenvalue weighted by Gasteiger charge is 2.07. The van der Waals surface area contributed by atoms with Crippen LogP contribution in [0.5, 0.6) is 0 Å². The molecular formula is C8H5IN2OS. The first kappa shape index (κ1) is 9.01. The second kappa shape index (κ2) is 3.30. The van der Waals surface area contributed by atoms with Crippen LogP contribution in [0.15, 0.2) is 18.2 Å². The van der Waals surface area contributed by atoms with Gasteiger partial charge in [-0.2, -0.15) is 5.10 Å². The highest BCUT2D eigenvalue weighted by molar-refractivity contribution is 14.1. The van der Waals surface area contributed by atoms with Gasteiger partial charge in [0.1, 0.15) is 5.69 Å². The average molecular weight is 304 g/mol. The van der Waals surface area contributed by atoms with E-state index in [9.17, 15) is 4.79 Å². The molecule has 66 valence electrons. The van der Waals surface area contributed by atoms with Gasteiger partial charge >= 0.3 is 0 Å². The quantitative estimate of drug-likeness (QED) is 0.498. The summed E-state index contributed by atoms with van der Waals surface area (Å²) in [7, 11) is 0. The molecule has 0 saturated carbocycles. The monoisotopic (exact) mass is 304 g/mol. The number of rotatable bonds is 1. The first-order chi connectivity index (χ1) is 6.22. The van der Waals surface area contributed by atoms with E-state index in [0.29, 0.717) is 5.69 Å². The summed E-state index contributed by atoms with van der Waals surface area (Å²) in [6.45, 7) is 0. The predicted molar refractivity (Wildman–Crippen MR) is 62.2 cm³/mol. The van der Waals surface area contributed by atoms with E-state index >= 15 is 0 Å². The van der Waals surface area contributed by atoms with Crippen LogP contribution < -0.4 is 0 Å². The van der Waals surface area contributed by atoms with Crippen LogP contribution in [0.1, 0.15) is 10.5 Å². The number of carbonyl (C=O) groups excluding carboxylic acids is 1. The lowest BCUT2D eigenvalue weighted by Crippen LogP contribution is -1.83. The fraction of sp³-hybridized carbons (Fsp3) is 0. The first-order valence-corrected chi connectivity index (χ1v) is 5.03. The maximum atomic E-state index is 10.6. The largest absolute Gasteiger partial charge is 0.296 e. The molecule has 0 atom stereocenters. The third-order valence-corrected chi connectivity index (χ3v) is 2.74. The van der Waals surface area contributed by atoms with Gasteiger partial charge in [0.15, 0.2) is 6.29 Å². The Kier molecular flexibility index (Phi) is 2.29. The van der Waals surface area contributed by atoms with E-state index in [2.05, 4.69) is 40.5 Å². The van der Waals surface area contributed by atoms with E-state index < -0.39 is 0 Å². The molecule has 3 nitrogen and oxygen atoms in total. The minimum atomic E-state index is 0.434. The van der Waals surface area contributed by atoms with E-state index in [1.165, 1.54) is 4.09 Å². The Balaban J connectivity index is 2.89. The van der Waals surface area contributed by atoms with E-state index in [4.69, 9.17) is 0 Å². The molecule has 2 aromatic rings. The Hall–Kier alpha value is -0.560. The van der Waals surface area contributed by atoms with Crippen molar-refractivity contribution in [3.63, 3.8) is 0 Å². The zero-order chi connectivity index (χ0) is 9.42. The van der Waals surface area contributed by atoms with Crippen LogP contribution >= 0.6 is 35.4 Å². The van der Waals surface area contributed by atoms with Gasteiger partial charge in [0.25, 0.3) is 0 Å². The number of hydrogen-bond acceptors (Lipinski definition) is 3. The van der Waals surface area contributed by atoms with Crippen LogP contribution in [0.4, 0.5) is 0 Å². The summed E-state index contributed by atoms with van der Waals surface area (Å²) >= 11 is 6.30. The molecule has 1 aromatic heterocycles. The first-order valence-electron chi connectivity index (χ1n) is 3.55. The zero-order valence-corrected chi connectivity index (χ0v) is 9.49. The molecule has 0 bridgehead atoms. The van der Waals surface area contributed by atoms with E-state index in [-0.39, 0.29) is 0 Å². The van der Waals surface area contributed by atoms with Crippen LogP contribution in [0.3, 0.4) is 0 Å². The summed E-state index contributed by atoms with van der Waals surface area (Å²) in [5.41, 5.74) is 1.29. The molecule has 1 heterocycles. The number of hydrogen-bond donors (Lipinski definition) is 1. The maximum Gasteiger partial charge on any atom is 0.170 e. The minimum absolute atomic E-state index is 0.434. The van der Waals surface area contributed by atoms with Crippen molar-refractivity contribution in [1.82, 2.24) is 9.19 Å². The summed E-state index contributed by atoms with van der Waals surface area (Å²) in [5, 5.41) is 4.80. The van der Waals surface area contributed by atoms with E-state index in [1.807, 2.05) is 18.2 Å². The predicted octanol–water partition coefficient (Wildman–Crippen LogP) is 2.15. The maximum absolute atomic E-state index is 10.6. The van der Waals surface area contributed by atoms with Gasteiger partial charge in [-0.1, -0.05) is 0 Å². The molecule has 1 aromatic carbocycles. The van der Waals surface area contributed by atoms with Gasteiger partial charge in [-0.3, -0.25) is 4.79 Å². The lowest BCUT2D eigenvalue weighted by Gasteiger charge is -1.92. The molecule has 0 unspecified atom stereocenters. The van der Waals surface area contributed by atoms with E-state index in [0.717, 1.165) is 20.8 Å². The van der Waals surface area contributed by atoms with Gasteiger partial charge in [0.2, 0.25) is 0 Å². The fourth-order valence-corrected chi connectivity index (χ4v) is 1.95. The number of fused-ring (bicyclic) bond motifs is 1. The Labute approximate surface area is 93.8 Å². The number of aldehydes is 1. The molecule has 2 rings (SSSR count). The van der Waals surface area contributed by atoms with Crippen LogP contribution in [0.2, 0.25) is 0 Å². The molecule has 0 aliphatic heterocycles. The second-order valence-electron chi connectivity index (χ2n) is 2.55. The van der Waals surface area contributed by atoms with Crippen molar-refractivity contribution in [3.8, 4) is 0 Å². The molecule has 0 radical (unpaired) electrons. The minimum Gasteiger partial charge on any atom is -0.296 e. The van der Waals surface area contributed by atoms with Gasteiger partial charge in [-0.05, 0) is 53.6 Å². The SMILES string of the molecule is O=Cc1nn(S)c2ccc(I)cc12. The summed E-state index contributed by atoms with van der Waals surface area (Å²) in [6.07, 6.45) is 0.741. The summed E-state index contributed by atoms with van der Waals surface area (Å²) in [6, 6.07) is 5.76. The van der Waals surface area contributed by atoms with Crippen molar-refractivity contribution in [2.24, 2.45) is 0 Å². The molecule has 13 heavy (non-hydrogen) atoms. The van der Waals surface area contributed by atoms with Crippen molar-refractivity contribution in [3.05, 3.63) is 27.5 Å². The zero-order valence-electron chi connectivity index (χ0n) is 6.44. The van der Waals surface area contributed by atoms with Crippen molar-refractivity contribution in [2.75, 3.05) is 0 Å². The van der Waals surface area contributed by atoms with Gasteiger partial charge < -0.3 is 0 Å². The summed E-state index contributed by atoms with van der Waals surface area (Å²) in [5.74, 6) is 0. The molecule has 0 N–H and O–H groups in total. The van der Waals surface area contributed by atoms with E-state index in [1.54, 1.807) is 0 Å². The standard InChI is InChI=1S/C8H5IN2OS/c9-5-1-2-8-6(3-5)7(4-12)10-11(8)13/h1-4,13H. The number of halogens is 1. The summed E-state index contributed by atoms with van der Waals surface area (Å²) in [4.78, 5) is 10.6. The number of carbonyl (C=O) groups is 1. The summed E-state index contributed by atoms with van der Waals surface area (Å²) < 4.78 is 2.49. The van der Waals surface area contributed by atoms with Crippen molar-refractivity contribution in [1.29, 1.82) is 0 Å². The Morgan fingerprint density at radius 1 is 1.54 bits per heavy atom. The van der Waals surface area contributed by atoms with Crippen LogP contribution in [0, 0.1) is 3.57 Å². The van der Waals surface area contributed by atoms with Gasteiger partial charge in [0.05, 0.1) is 5.52 Å². The van der Waals surface area contributed by atoms with Crippen molar-refractivity contribution >= 4 is 52.6 Å². The molecule has 0 fully saturated rings. The number of nitrogens with zero attached hydrogens (tertiary/aromatic N) is 2. The van der Waals surface area contributed by atoms with Crippen LogP contribution in [-0.4, -0.2) is 15.5 Å². The van der Waals surface area contributed by atoms with Gasteiger partial charge in [0, 0.05) is 8.96 Å². The Bertz CT molecular complexity index is 480. The third-order valence-electron chi connectivity index (χ3n) is 1.76. The smallest absolute Gasteiger partial charge is 0.170 e. The molecule has 5 heteroatoms. The van der Waals surface area contributed by atoms with Crippen molar-refractivity contribution < 1.29 is 4.79 Å². The molecular weight excluding hydrogens is 299 g/mol. The number of benzene rings is 1. The lowest BCUT2D eigenvalue weighted by molar-refractivity contribution is 0.112. The number of aromatic nitrogens is 2. The highest BCUT2D eigenvalue weighted by atomic mass is 127. The van der Waals surface area contributed by atoms with Gasteiger partial charge in [-0.25, -0.2) is 4.09 Å². The van der Waals surface area contributed by atoms with Crippen molar-refractivity contribution in [2.45, 2.75) is 0 Å². The fourth-order valence-electron chi connectivity index (χ4n) is 1.18. The molecule has 0 amide bonds. The molecule has 0 aliphatic rings. The molecule has 0 aliphatic carbocycles. The lowest BCUT2D eigenvalue weighted by atomic mass is 10.2. The molecule has 0 saturated heterocycles. The number of thiol groups is 1. The third kappa shape index (κ3) is 1.46. The van der Waals surface area contributed by atoms with Gasteiger partial charge in [-0.15, -0.1) is 0 Å². The Morgan fingerprint density at radius 2 is 2.31 bits per heavy atom. The second-order valence-corrected chi connectivity index (χ2v) is 4.18. The highest BCUT2D eigenvalue weighted by Crippen LogP contribution is 2.20. The van der Waals surface area contributed by atoms with Crippen LogP contribution in [-0.2, 0) is 0 Å². The van der Waals surface area contributed by atoms with Crippen LogP contribution in [0.25, 0.3) is 10.9 Å².